The van der Waals surface area contributed by atoms with Gasteiger partial charge in [0.05, 0.1) is 10.7 Å². The topological polar surface area (TPSA) is 80.3 Å². The summed E-state index contributed by atoms with van der Waals surface area (Å²) in [5.74, 6) is -0.754. The molecule has 2 unspecified atom stereocenters. The number of rotatable bonds is 1. The van der Waals surface area contributed by atoms with Crippen LogP contribution < -0.4 is 5.32 Å². The lowest BCUT2D eigenvalue weighted by molar-refractivity contribution is -0.128. The van der Waals surface area contributed by atoms with Crippen molar-refractivity contribution in [2.45, 2.75) is 30.9 Å². The molecule has 1 saturated heterocycles. The fourth-order valence-corrected chi connectivity index (χ4v) is 4.51. The summed E-state index contributed by atoms with van der Waals surface area (Å²) in [6.45, 7) is 0. The first-order valence-electron chi connectivity index (χ1n) is 4.89. The van der Waals surface area contributed by atoms with Crippen LogP contribution in [0.15, 0.2) is 0 Å². The van der Waals surface area contributed by atoms with Crippen LogP contribution in [0.4, 0.5) is 0 Å². The number of sulfone groups is 1. The minimum atomic E-state index is -3.26. The number of carbonyl (C=O) groups excluding carboxylic acids is 2. The van der Waals surface area contributed by atoms with Crippen molar-refractivity contribution in [3.8, 4) is 0 Å². The van der Waals surface area contributed by atoms with Crippen LogP contribution in [0.5, 0.6) is 0 Å². The standard InChI is InChI=1S/C9H13NO4S/c1-15(13,14)6-3-2-4-9(6)5-7(11)10-8(9)12/h6H,2-5H2,1H3,(H,10,11,12). The highest BCUT2D eigenvalue weighted by Crippen LogP contribution is 2.47. The van der Waals surface area contributed by atoms with Crippen molar-refractivity contribution in [3.63, 3.8) is 0 Å². The van der Waals surface area contributed by atoms with Crippen LogP contribution in [0.1, 0.15) is 25.7 Å². The summed E-state index contributed by atoms with van der Waals surface area (Å²) < 4.78 is 23.1. The van der Waals surface area contributed by atoms with Gasteiger partial charge in [-0.05, 0) is 12.8 Å². The predicted molar refractivity (Wildman–Crippen MR) is 52.7 cm³/mol. The van der Waals surface area contributed by atoms with Gasteiger partial charge in [0.2, 0.25) is 11.8 Å². The highest BCUT2D eigenvalue weighted by atomic mass is 32.2. The molecule has 5 nitrogen and oxygen atoms in total. The quantitative estimate of drug-likeness (QED) is 0.624. The molecule has 1 heterocycles. The molecule has 1 saturated carbocycles. The Balaban J connectivity index is 2.43. The fourth-order valence-electron chi connectivity index (χ4n) is 2.79. The van der Waals surface area contributed by atoms with E-state index < -0.39 is 26.4 Å². The van der Waals surface area contributed by atoms with Crippen LogP contribution in [0.3, 0.4) is 0 Å². The van der Waals surface area contributed by atoms with E-state index in [1.807, 2.05) is 0 Å². The van der Waals surface area contributed by atoms with Crippen molar-refractivity contribution >= 4 is 21.7 Å². The first-order valence-corrected chi connectivity index (χ1v) is 6.85. The lowest BCUT2D eigenvalue weighted by Crippen LogP contribution is -2.41. The molecular weight excluding hydrogens is 218 g/mol. The molecule has 2 rings (SSSR count). The third kappa shape index (κ3) is 1.47. The Hall–Kier alpha value is -0.910. The Morgan fingerprint density at radius 1 is 1.40 bits per heavy atom. The summed E-state index contributed by atoms with van der Waals surface area (Å²) in [7, 11) is -3.26. The molecule has 0 radical (unpaired) electrons. The summed E-state index contributed by atoms with van der Waals surface area (Å²) in [5, 5.41) is 1.53. The van der Waals surface area contributed by atoms with E-state index in [-0.39, 0.29) is 12.3 Å². The summed E-state index contributed by atoms with van der Waals surface area (Å²) in [6.07, 6.45) is 2.85. The average Bonchev–Trinajstić information content (AvgIpc) is 2.57. The van der Waals surface area contributed by atoms with Crippen molar-refractivity contribution in [2.24, 2.45) is 5.41 Å². The summed E-state index contributed by atoms with van der Waals surface area (Å²) in [4.78, 5) is 22.8. The van der Waals surface area contributed by atoms with Crippen LogP contribution >= 0.6 is 0 Å². The molecule has 2 atom stereocenters. The molecule has 1 aliphatic carbocycles. The lowest BCUT2D eigenvalue weighted by atomic mass is 9.84. The Bertz CT molecular complexity index is 427. The number of hydrogen-bond acceptors (Lipinski definition) is 4. The maximum atomic E-state index is 11.7. The third-order valence-electron chi connectivity index (χ3n) is 3.40. The van der Waals surface area contributed by atoms with Crippen molar-refractivity contribution in [2.75, 3.05) is 6.26 Å². The monoisotopic (exact) mass is 231 g/mol. The van der Waals surface area contributed by atoms with E-state index in [4.69, 9.17) is 0 Å². The van der Waals surface area contributed by atoms with Crippen molar-refractivity contribution in [1.29, 1.82) is 0 Å². The number of hydrogen-bond donors (Lipinski definition) is 1. The molecule has 2 amide bonds. The van der Waals surface area contributed by atoms with E-state index in [0.29, 0.717) is 19.3 Å². The minimum Gasteiger partial charge on any atom is -0.296 e. The molecular formula is C9H13NO4S. The third-order valence-corrected chi connectivity index (χ3v) is 5.12. The van der Waals surface area contributed by atoms with Crippen LogP contribution in [0.25, 0.3) is 0 Å². The second-order valence-electron chi connectivity index (χ2n) is 4.42. The van der Waals surface area contributed by atoms with Gasteiger partial charge in [-0.2, -0.15) is 0 Å². The van der Waals surface area contributed by atoms with Crippen LogP contribution in [-0.4, -0.2) is 31.7 Å². The van der Waals surface area contributed by atoms with Crippen LogP contribution in [0, 0.1) is 5.41 Å². The lowest BCUT2D eigenvalue weighted by Gasteiger charge is -2.25. The molecule has 2 fully saturated rings. The van der Waals surface area contributed by atoms with E-state index in [2.05, 4.69) is 5.32 Å². The summed E-state index contributed by atoms with van der Waals surface area (Å²) in [5.41, 5.74) is -0.968. The van der Waals surface area contributed by atoms with Gasteiger partial charge in [-0.3, -0.25) is 14.9 Å². The number of carbonyl (C=O) groups is 2. The second kappa shape index (κ2) is 3.04. The van der Waals surface area contributed by atoms with E-state index in [1.54, 1.807) is 0 Å². The number of nitrogens with one attached hydrogen (secondary N) is 1. The molecule has 84 valence electrons. The number of amides is 2. The van der Waals surface area contributed by atoms with Crippen LogP contribution in [0.2, 0.25) is 0 Å². The largest absolute Gasteiger partial charge is 0.296 e. The molecule has 1 N–H and O–H groups in total. The molecule has 1 spiro atoms. The highest BCUT2D eigenvalue weighted by molar-refractivity contribution is 7.91. The van der Waals surface area contributed by atoms with E-state index in [1.165, 1.54) is 0 Å². The zero-order valence-corrected chi connectivity index (χ0v) is 9.26. The molecule has 1 aliphatic heterocycles. The van der Waals surface area contributed by atoms with Gasteiger partial charge < -0.3 is 0 Å². The second-order valence-corrected chi connectivity index (χ2v) is 6.65. The number of imide groups is 1. The Morgan fingerprint density at radius 2 is 2.07 bits per heavy atom. The Morgan fingerprint density at radius 3 is 2.53 bits per heavy atom. The van der Waals surface area contributed by atoms with Gasteiger partial charge in [0.15, 0.2) is 9.84 Å². The van der Waals surface area contributed by atoms with Gasteiger partial charge in [-0.1, -0.05) is 6.42 Å². The molecule has 2 aliphatic rings. The smallest absolute Gasteiger partial charge is 0.234 e. The normalized spacial score (nSPS) is 36.2. The maximum Gasteiger partial charge on any atom is 0.234 e. The highest BCUT2D eigenvalue weighted by Gasteiger charge is 2.57. The van der Waals surface area contributed by atoms with Gasteiger partial charge >= 0.3 is 0 Å². The molecule has 0 aromatic rings. The molecule has 0 bridgehead atoms. The van der Waals surface area contributed by atoms with E-state index in [0.717, 1.165) is 6.26 Å². The first kappa shape index (κ1) is 10.6. The minimum absolute atomic E-state index is 0.0313. The molecule has 6 heteroatoms. The molecule has 15 heavy (non-hydrogen) atoms. The van der Waals surface area contributed by atoms with Gasteiger partial charge in [0, 0.05) is 12.7 Å². The maximum absolute atomic E-state index is 11.7. The van der Waals surface area contributed by atoms with Gasteiger partial charge in [-0.15, -0.1) is 0 Å². The van der Waals surface area contributed by atoms with Crippen molar-refractivity contribution in [3.05, 3.63) is 0 Å². The summed E-state index contributed by atoms with van der Waals surface area (Å²) >= 11 is 0. The SMILES string of the molecule is CS(=O)(=O)C1CCCC12CC(=O)NC2=O. The zero-order valence-electron chi connectivity index (χ0n) is 8.45. The van der Waals surface area contributed by atoms with Gasteiger partial charge in [-0.25, -0.2) is 8.42 Å². The van der Waals surface area contributed by atoms with E-state index in [9.17, 15) is 18.0 Å². The van der Waals surface area contributed by atoms with Crippen molar-refractivity contribution < 1.29 is 18.0 Å². The Kier molecular flexibility index (Phi) is 2.15. The van der Waals surface area contributed by atoms with Crippen LogP contribution in [-0.2, 0) is 19.4 Å². The van der Waals surface area contributed by atoms with Gasteiger partial charge in [0.25, 0.3) is 0 Å². The van der Waals surface area contributed by atoms with Crippen molar-refractivity contribution in [1.82, 2.24) is 5.32 Å². The predicted octanol–water partition coefficient (Wildman–Crippen LogP) is -0.384. The average molecular weight is 231 g/mol. The van der Waals surface area contributed by atoms with E-state index >= 15 is 0 Å². The first-order chi connectivity index (χ1) is 6.86. The molecule has 0 aromatic heterocycles. The summed E-state index contributed by atoms with van der Waals surface area (Å²) in [6, 6.07) is 0. The fraction of sp³-hybridized carbons (Fsp3) is 0.778. The Labute approximate surface area is 88.1 Å². The zero-order chi connectivity index (χ0) is 11.3. The molecule has 0 aromatic carbocycles. The van der Waals surface area contributed by atoms with Gasteiger partial charge in [0.1, 0.15) is 0 Å².